The standard InChI is InChI=1S/C26H36NO2PSe/c1-23(2,3)26(31,24(4,5)6)29-27-20-14-19-25(27,7)30(28,21-15-10-8-11-16-21)22-17-12-9-13-18-22/h8-13,15-18,20H,14,19H2,1-7H3. The van der Waals surface area contributed by atoms with Crippen molar-refractivity contribution in [3.63, 3.8) is 0 Å². The predicted octanol–water partition coefficient (Wildman–Crippen LogP) is 5.48. The second kappa shape index (κ2) is 8.22. The van der Waals surface area contributed by atoms with E-state index in [9.17, 15) is 0 Å². The molecule has 2 aromatic rings. The zero-order valence-electron chi connectivity index (χ0n) is 19.9. The quantitative estimate of drug-likeness (QED) is 0.307. The molecule has 1 heterocycles. The van der Waals surface area contributed by atoms with E-state index in [4.69, 9.17) is 4.84 Å². The second-order valence-corrected chi connectivity index (χ2v) is 15.2. The van der Waals surface area contributed by atoms with Gasteiger partial charge in [-0.05, 0) is 0 Å². The molecular formula is C26H36NO2PSe. The summed E-state index contributed by atoms with van der Waals surface area (Å²) in [6.07, 6.45) is 3.67. The molecule has 2 aromatic carbocycles. The van der Waals surface area contributed by atoms with Gasteiger partial charge in [0.1, 0.15) is 0 Å². The van der Waals surface area contributed by atoms with Gasteiger partial charge in [0.15, 0.2) is 0 Å². The first-order valence-corrected chi connectivity index (χ1v) is 13.6. The fraction of sp³-hybridized carbons (Fsp3) is 0.500. The van der Waals surface area contributed by atoms with Crippen molar-refractivity contribution in [1.82, 2.24) is 0 Å². The van der Waals surface area contributed by atoms with E-state index < -0.39 is 16.9 Å². The maximum atomic E-state index is 15.2. The van der Waals surface area contributed by atoms with Crippen LogP contribution in [-0.2, 0) is 9.40 Å². The summed E-state index contributed by atoms with van der Waals surface area (Å²) in [6.45, 7) is 15.2. The molecular weight excluding hydrogens is 468 g/mol. The van der Waals surface area contributed by atoms with Gasteiger partial charge in [-0.2, -0.15) is 0 Å². The first kappa shape index (κ1) is 24.3. The van der Waals surface area contributed by atoms with Gasteiger partial charge in [-0.1, -0.05) is 0 Å². The molecule has 168 valence electrons. The second-order valence-electron chi connectivity index (χ2n) is 10.8. The SMILES string of the molecule is CC(C)(C)C([Se-])(O[N+]1=CCCC1(C)P(=O)(c1ccccc1)c1ccccc1)C(C)(C)C. The van der Waals surface area contributed by atoms with Crippen molar-refractivity contribution in [3.05, 3.63) is 60.7 Å². The van der Waals surface area contributed by atoms with Crippen LogP contribution in [0.15, 0.2) is 60.7 Å². The molecule has 1 atom stereocenters. The molecule has 0 amide bonds. The molecule has 0 saturated heterocycles. The minimum atomic E-state index is -3.07. The van der Waals surface area contributed by atoms with Crippen molar-refractivity contribution in [2.75, 3.05) is 0 Å². The van der Waals surface area contributed by atoms with Crippen LogP contribution >= 0.6 is 7.14 Å². The van der Waals surface area contributed by atoms with E-state index >= 15 is 4.57 Å². The van der Waals surface area contributed by atoms with Crippen molar-refractivity contribution in [2.45, 2.75) is 71.1 Å². The fourth-order valence-electron chi connectivity index (χ4n) is 4.71. The average Bonchev–Trinajstić information content (AvgIpc) is 3.08. The summed E-state index contributed by atoms with van der Waals surface area (Å²) in [7, 11) is -3.07. The van der Waals surface area contributed by atoms with E-state index in [1.165, 1.54) is 0 Å². The molecule has 0 fully saturated rings. The molecule has 1 unspecified atom stereocenters. The molecule has 1 aliphatic heterocycles. The predicted molar refractivity (Wildman–Crippen MR) is 132 cm³/mol. The number of rotatable bonds is 5. The van der Waals surface area contributed by atoms with Gasteiger partial charge in [0, 0.05) is 0 Å². The molecule has 0 N–H and O–H groups in total. The van der Waals surface area contributed by atoms with E-state index in [1.54, 1.807) is 0 Å². The van der Waals surface area contributed by atoms with Crippen LogP contribution < -0.4 is 10.6 Å². The first-order chi connectivity index (χ1) is 14.3. The summed E-state index contributed by atoms with van der Waals surface area (Å²) in [4.78, 5) is 6.88. The molecule has 3 nitrogen and oxygen atoms in total. The third-order valence-electron chi connectivity index (χ3n) is 6.51. The van der Waals surface area contributed by atoms with Crippen LogP contribution in [0.25, 0.3) is 0 Å². The van der Waals surface area contributed by atoms with Crippen molar-refractivity contribution >= 4 is 40.0 Å². The van der Waals surface area contributed by atoms with E-state index in [0.717, 1.165) is 23.5 Å². The molecule has 1 aliphatic rings. The summed E-state index contributed by atoms with van der Waals surface area (Å²) in [5.74, 6) is 0. The number of nitrogens with zero attached hydrogens (tertiary/aromatic N) is 1. The van der Waals surface area contributed by atoms with Crippen molar-refractivity contribution in [2.24, 2.45) is 10.8 Å². The van der Waals surface area contributed by atoms with Crippen molar-refractivity contribution < 1.29 is 14.1 Å². The summed E-state index contributed by atoms with van der Waals surface area (Å²) in [6, 6.07) is 19.8. The molecule has 0 saturated carbocycles. The normalized spacial score (nSPS) is 20.5. The van der Waals surface area contributed by atoms with Gasteiger partial charge in [0.25, 0.3) is 0 Å². The van der Waals surface area contributed by atoms with Gasteiger partial charge in [-0.25, -0.2) is 0 Å². The van der Waals surface area contributed by atoms with E-state index in [0.29, 0.717) is 0 Å². The van der Waals surface area contributed by atoms with Gasteiger partial charge in [-0.3, -0.25) is 0 Å². The molecule has 0 spiro atoms. The van der Waals surface area contributed by atoms with Crippen LogP contribution in [0.5, 0.6) is 0 Å². The Morgan fingerprint density at radius 3 is 1.68 bits per heavy atom. The van der Waals surface area contributed by atoms with Gasteiger partial charge >= 0.3 is 197 Å². The van der Waals surface area contributed by atoms with Gasteiger partial charge in [0.2, 0.25) is 0 Å². The van der Waals surface area contributed by atoms with Crippen molar-refractivity contribution in [1.29, 1.82) is 0 Å². The van der Waals surface area contributed by atoms with Crippen molar-refractivity contribution in [3.8, 4) is 0 Å². The Labute approximate surface area is 196 Å². The number of hydrogen-bond donors (Lipinski definition) is 0. The van der Waals surface area contributed by atoms with Crippen LogP contribution in [0.2, 0.25) is 0 Å². The minimum absolute atomic E-state index is 0.175. The van der Waals surface area contributed by atoms with Crippen LogP contribution in [0, 0.1) is 10.8 Å². The molecule has 3 rings (SSSR count). The average molecular weight is 505 g/mol. The summed E-state index contributed by atoms with van der Waals surface area (Å²) >= 11 is 3.39. The molecule has 0 aromatic heterocycles. The molecule has 31 heavy (non-hydrogen) atoms. The maximum absolute atomic E-state index is 15.2. The monoisotopic (exact) mass is 505 g/mol. The third-order valence-corrected chi connectivity index (χ3v) is 13.1. The van der Waals surface area contributed by atoms with Gasteiger partial charge < -0.3 is 0 Å². The number of hydrogen-bond acceptors (Lipinski definition) is 2. The molecule has 0 radical (unpaired) electrons. The Kier molecular flexibility index (Phi) is 6.44. The Bertz CT molecular complexity index is 932. The van der Waals surface area contributed by atoms with E-state index in [2.05, 4.69) is 70.7 Å². The van der Waals surface area contributed by atoms with Crippen LogP contribution in [0.4, 0.5) is 0 Å². The molecule has 5 heteroatoms. The summed E-state index contributed by atoms with van der Waals surface area (Å²) < 4.78 is 16.5. The fourth-order valence-corrected chi connectivity index (χ4v) is 8.32. The number of hydroxylamine groups is 1. The summed E-state index contributed by atoms with van der Waals surface area (Å²) in [5, 5.41) is 1.04. The third kappa shape index (κ3) is 3.97. The zero-order chi connectivity index (χ0) is 23.1. The Balaban J connectivity index is 2.19. The van der Waals surface area contributed by atoms with E-state index in [1.807, 2.05) is 65.4 Å². The van der Waals surface area contributed by atoms with Crippen LogP contribution in [0.1, 0.15) is 61.3 Å². The Morgan fingerprint density at radius 2 is 1.29 bits per heavy atom. The number of benzene rings is 2. The zero-order valence-corrected chi connectivity index (χ0v) is 22.5. The first-order valence-electron chi connectivity index (χ1n) is 11.0. The van der Waals surface area contributed by atoms with Crippen LogP contribution in [-0.4, -0.2) is 36.7 Å². The van der Waals surface area contributed by atoms with Gasteiger partial charge in [0.05, 0.1) is 0 Å². The Morgan fingerprint density at radius 1 is 0.871 bits per heavy atom. The van der Waals surface area contributed by atoms with E-state index in [-0.39, 0.29) is 10.8 Å². The molecule has 0 bridgehead atoms. The summed E-state index contributed by atoms with van der Waals surface area (Å²) in [5.41, 5.74) is -0.349. The topological polar surface area (TPSA) is 29.3 Å². The molecule has 0 aliphatic carbocycles. The van der Waals surface area contributed by atoms with Gasteiger partial charge in [-0.15, -0.1) is 0 Å². The Hall–Kier alpha value is -1.34. The van der Waals surface area contributed by atoms with Crippen LogP contribution in [0.3, 0.4) is 0 Å².